The van der Waals surface area contributed by atoms with Crippen LogP contribution in [0.25, 0.3) is 0 Å². The molecule has 1 heterocycles. The fourth-order valence-corrected chi connectivity index (χ4v) is 2.50. The molecule has 0 fully saturated rings. The molecule has 1 aromatic carbocycles. The molecule has 0 aliphatic carbocycles. The van der Waals surface area contributed by atoms with Crippen LogP contribution >= 0.6 is 0 Å². The van der Waals surface area contributed by atoms with Gasteiger partial charge in [0.15, 0.2) is 11.5 Å². The summed E-state index contributed by atoms with van der Waals surface area (Å²) in [7, 11) is 0. The summed E-state index contributed by atoms with van der Waals surface area (Å²) in [6.07, 6.45) is 0.532. The Balaban J connectivity index is 1.97. The van der Waals surface area contributed by atoms with E-state index in [9.17, 15) is 5.11 Å². The van der Waals surface area contributed by atoms with Crippen molar-refractivity contribution >= 4 is 0 Å². The van der Waals surface area contributed by atoms with Crippen LogP contribution in [0.15, 0.2) is 18.2 Å². The predicted octanol–water partition coefficient (Wildman–Crippen LogP) is 2.52. The highest BCUT2D eigenvalue weighted by atomic mass is 16.6. The van der Waals surface area contributed by atoms with Gasteiger partial charge in [-0.3, -0.25) is 0 Å². The monoisotopic (exact) mass is 279 g/mol. The summed E-state index contributed by atoms with van der Waals surface area (Å²) < 4.78 is 11.0. The molecule has 1 aliphatic rings. The van der Waals surface area contributed by atoms with Crippen molar-refractivity contribution < 1.29 is 14.6 Å². The van der Waals surface area contributed by atoms with Crippen molar-refractivity contribution in [2.75, 3.05) is 19.8 Å². The standard InChI is InChI=1S/C16H25NO3/c1-4-13(11(2)3)17-10-14(18)12-5-6-15-16(9-12)20-8-7-19-15/h5-6,9,11,13-14,17-18H,4,7-8,10H2,1-3H3. The van der Waals surface area contributed by atoms with E-state index in [0.29, 0.717) is 31.7 Å². The fourth-order valence-electron chi connectivity index (χ4n) is 2.50. The summed E-state index contributed by atoms with van der Waals surface area (Å²) in [5, 5.41) is 13.7. The summed E-state index contributed by atoms with van der Waals surface area (Å²) in [5.74, 6) is 2.05. The van der Waals surface area contributed by atoms with Gasteiger partial charge in [0.2, 0.25) is 0 Å². The minimum absolute atomic E-state index is 0.432. The number of ether oxygens (including phenoxy) is 2. The van der Waals surface area contributed by atoms with Crippen LogP contribution < -0.4 is 14.8 Å². The van der Waals surface area contributed by atoms with Crippen LogP contribution in [-0.2, 0) is 0 Å². The van der Waals surface area contributed by atoms with Gasteiger partial charge in [0, 0.05) is 12.6 Å². The van der Waals surface area contributed by atoms with E-state index >= 15 is 0 Å². The van der Waals surface area contributed by atoms with E-state index in [4.69, 9.17) is 9.47 Å². The van der Waals surface area contributed by atoms with Crippen LogP contribution in [0.3, 0.4) is 0 Å². The van der Waals surface area contributed by atoms with Crippen molar-refractivity contribution in [3.05, 3.63) is 23.8 Å². The van der Waals surface area contributed by atoms with Crippen LogP contribution in [0.2, 0.25) is 0 Å². The summed E-state index contributed by atoms with van der Waals surface area (Å²) in [6.45, 7) is 8.25. The second-order valence-electron chi connectivity index (χ2n) is 5.59. The molecule has 0 bridgehead atoms. The Kier molecular flexibility index (Phi) is 5.26. The number of fused-ring (bicyclic) bond motifs is 1. The molecule has 112 valence electrons. The lowest BCUT2D eigenvalue weighted by atomic mass is 10.0. The van der Waals surface area contributed by atoms with Crippen molar-refractivity contribution in [2.45, 2.75) is 39.3 Å². The predicted molar refractivity (Wildman–Crippen MR) is 79.3 cm³/mol. The molecule has 2 N–H and O–H groups in total. The lowest BCUT2D eigenvalue weighted by Crippen LogP contribution is -2.36. The Morgan fingerprint density at radius 1 is 1.20 bits per heavy atom. The van der Waals surface area contributed by atoms with Gasteiger partial charge in [0.1, 0.15) is 13.2 Å². The van der Waals surface area contributed by atoms with Crippen molar-refractivity contribution in [2.24, 2.45) is 5.92 Å². The molecule has 0 saturated carbocycles. The Labute approximate surface area is 121 Å². The molecule has 0 spiro atoms. The van der Waals surface area contributed by atoms with Gasteiger partial charge < -0.3 is 19.9 Å². The molecular formula is C16H25NO3. The minimum Gasteiger partial charge on any atom is -0.486 e. The zero-order chi connectivity index (χ0) is 14.5. The first-order chi connectivity index (χ1) is 9.61. The molecule has 1 aromatic rings. The van der Waals surface area contributed by atoms with Crippen molar-refractivity contribution in [1.82, 2.24) is 5.32 Å². The van der Waals surface area contributed by atoms with Gasteiger partial charge in [-0.25, -0.2) is 0 Å². The average Bonchev–Trinajstić information content (AvgIpc) is 2.46. The highest BCUT2D eigenvalue weighted by molar-refractivity contribution is 5.44. The third kappa shape index (κ3) is 3.64. The van der Waals surface area contributed by atoms with Crippen LogP contribution in [0, 0.1) is 5.92 Å². The largest absolute Gasteiger partial charge is 0.486 e. The quantitative estimate of drug-likeness (QED) is 0.840. The smallest absolute Gasteiger partial charge is 0.161 e. The van der Waals surface area contributed by atoms with Crippen molar-refractivity contribution in [1.29, 1.82) is 0 Å². The molecule has 1 aliphatic heterocycles. The van der Waals surface area contributed by atoms with Gasteiger partial charge in [-0.15, -0.1) is 0 Å². The topological polar surface area (TPSA) is 50.7 Å². The number of hydrogen-bond donors (Lipinski definition) is 2. The number of rotatable bonds is 6. The van der Waals surface area contributed by atoms with Crippen molar-refractivity contribution in [3.63, 3.8) is 0 Å². The van der Waals surface area contributed by atoms with Gasteiger partial charge in [-0.05, 0) is 30.0 Å². The summed E-state index contributed by atoms with van der Waals surface area (Å²) in [6, 6.07) is 6.07. The minimum atomic E-state index is -0.529. The Bertz CT molecular complexity index is 434. The van der Waals surface area contributed by atoms with Gasteiger partial charge >= 0.3 is 0 Å². The second-order valence-corrected chi connectivity index (χ2v) is 5.59. The highest BCUT2D eigenvalue weighted by Crippen LogP contribution is 2.32. The van der Waals surface area contributed by atoms with Gasteiger partial charge in [-0.2, -0.15) is 0 Å². The van der Waals surface area contributed by atoms with Crippen molar-refractivity contribution in [3.8, 4) is 11.5 Å². The molecule has 0 aromatic heterocycles. The highest BCUT2D eigenvalue weighted by Gasteiger charge is 2.17. The molecule has 4 heteroatoms. The maximum atomic E-state index is 10.3. The maximum Gasteiger partial charge on any atom is 0.161 e. The normalized spacial score (nSPS) is 17.1. The van der Waals surface area contributed by atoms with Crippen LogP contribution in [0.1, 0.15) is 38.9 Å². The summed E-state index contributed by atoms with van der Waals surface area (Å²) in [5.41, 5.74) is 0.861. The molecule has 0 radical (unpaired) electrons. The van der Waals surface area contributed by atoms with Gasteiger partial charge in [0.05, 0.1) is 6.10 Å². The molecule has 4 nitrogen and oxygen atoms in total. The van der Waals surface area contributed by atoms with E-state index in [1.54, 1.807) is 0 Å². The number of hydrogen-bond acceptors (Lipinski definition) is 4. The summed E-state index contributed by atoms with van der Waals surface area (Å²) >= 11 is 0. The molecule has 2 rings (SSSR count). The van der Waals surface area contributed by atoms with Gasteiger partial charge in [0.25, 0.3) is 0 Å². The number of nitrogens with one attached hydrogen (secondary N) is 1. The third-order valence-electron chi connectivity index (χ3n) is 3.77. The lowest BCUT2D eigenvalue weighted by Gasteiger charge is -2.24. The molecule has 20 heavy (non-hydrogen) atoms. The molecule has 0 amide bonds. The Morgan fingerprint density at radius 2 is 1.90 bits per heavy atom. The molecular weight excluding hydrogens is 254 g/mol. The first-order valence-corrected chi connectivity index (χ1v) is 7.42. The van der Waals surface area contributed by atoms with Crippen LogP contribution in [0.5, 0.6) is 11.5 Å². The molecule has 2 unspecified atom stereocenters. The van der Waals surface area contributed by atoms with E-state index in [1.807, 2.05) is 18.2 Å². The van der Waals surface area contributed by atoms with Crippen LogP contribution in [0.4, 0.5) is 0 Å². The second kappa shape index (κ2) is 6.95. The average molecular weight is 279 g/mol. The van der Waals surface area contributed by atoms with E-state index < -0.39 is 6.10 Å². The zero-order valence-corrected chi connectivity index (χ0v) is 12.6. The fraction of sp³-hybridized carbons (Fsp3) is 0.625. The van der Waals surface area contributed by atoms with E-state index in [2.05, 4.69) is 26.1 Å². The number of aliphatic hydroxyl groups is 1. The first kappa shape index (κ1) is 15.1. The Morgan fingerprint density at radius 3 is 2.55 bits per heavy atom. The SMILES string of the molecule is CCC(NCC(O)c1ccc2c(c1)OCCO2)C(C)C. The molecule has 2 atom stereocenters. The molecule has 0 saturated heterocycles. The van der Waals surface area contributed by atoms with Crippen LogP contribution in [-0.4, -0.2) is 30.9 Å². The van der Waals surface area contributed by atoms with E-state index in [-0.39, 0.29) is 0 Å². The number of benzene rings is 1. The first-order valence-electron chi connectivity index (χ1n) is 7.42. The Hall–Kier alpha value is -1.26. The van der Waals surface area contributed by atoms with E-state index in [1.165, 1.54) is 0 Å². The third-order valence-corrected chi connectivity index (χ3v) is 3.77. The maximum absolute atomic E-state index is 10.3. The summed E-state index contributed by atoms with van der Waals surface area (Å²) in [4.78, 5) is 0. The van der Waals surface area contributed by atoms with Gasteiger partial charge in [-0.1, -0.05) is 26.8 Å². The zero-order valence-electron chi connectivity index (χ0n) is 12.6. The van der Waals surface area contributed by atoms with E-state index in [0.717, 1.165) is 23.5 Å². The lowest BCUT2D eigenvalue weighted by molar-refractivity contribution is 0.158. The number of aliphatic hydroxyl groups excluding tert-OH is 1.